The first kappa shape index (κ1) is 29.7. The molecule has 6 rings (SSSR count). The van der Waals surface area contributed by atoms with Crippen molar-refractivity contribution in [3.63, 3.8) is 0 Å². The first-order valence-electron chi connectivity index (χ1n) is 13.2. The standard InChI is InChI=1S/2C18H15P.CH2.Pt/c2*1-4-10-16(11-5-1)19(17-12-6-2-7-13-17)18-14-8-3-9-15-18;;/h2*1-15H;1H2;/p+2. The minimum absolute atomic E-state index is 0.877. The van der Waals surface area contributed by atoms with E-state index in [1.807, 2.05) is 19.4 Å². The van der Waals surface area contributed by atoms with Crippen molar-refractivity contribution in [2.75, 3.05) is 0 Å². The van der Waals surface area contributed by atoms with Crippen LogP contribution in [0.4, 0.5) is 0 Å². The average Bonchev–Trinajstić information content (AvgIpc) is 3.06. The van der Waals surface area contributed by atoms with E-state index in [1.165, 1.54) is 31.8 Å². The summed E-state index contributed by atoms with van der Waals surface area (Å²) in [4.78, 5) is 3.22. The van der Waals surface area contributed by atoms with E-state index in [-0.39, 0.29) is 0 Å². The predicted octanol–water partition coefficient (Wildman–Crippen LogP) is 6.32. The molecule has 40 heavy (non-hydrogen) atoms. The monoisotopic (exact) mass is 735 g/mol. The van der Waals surface area contributed by atoms with E-state index in [0.29, 0.717) is 0 Å². The van der Waals surface area contributed by atoms with E-state index in [9.17, 15) is 0 Å². The van der Waals surface area contributed by atoms with Crippen LogP contribution in [0.5, 0.6) is 0 Å². The van der Waals surface area contributed by atoms with Crippen molar-refractivity contribution in [2.24, 2.45) is 0 Å². The largest absolute Gasteiger partial charge is 0.102 e. The van der Waals surface area contributed by atoms with Crippen molar-refractivity contribution in [1.82, 2.24) is 0 Å². The van der Waals surface area contributed by atoms with E-state index < -0.39 is 15.8 Å². The topological polar surface area (TPSA) is 0 Å². The molecule has 0 aliphatic heterocycles. The van der Waals surface area contributed by atoms with Crippen LogP contribution in [0.25, 0.3) is 0 Å². The molecule has 0 radical (unpaired) electrons. The third-order valence-electron chi connectivity index (χ3n) is 6.37. The quantitative estimate of drug-likeness (QED) is 0.176. The third kappa shape index (κ3) is 8.37. The average molecular weight is 736 g/mol. The van der Waals surface area contributed by atoms with Gasteiger partial charge in [-0.1, -0.05) is 109 Å². The van der Waals surface area contributed by atoms with Gasteiger partial charge in [0, 0.05) is 0 Å². The van der Waals surface area contributed by atoms with Crippen LogP contribution in [-0.2, 0) is 19.4 Å². The van der Waals surface area contributed by atoms with E-state index in [4.69, 9.17) is 0 Å². The van der Waals surface area contributed by atoms with Gasteiger partial charge in [0.2, 0.25) is 0 Å². The van der Waals surface area contributed by atoms with Gasteiger partial charge in [-0.25, -0.2) is 0 Å². The Bertz CT molecular complexity index is 1190. The van der Waals surface area contributed by atoms with E-state index in [2.05, 4.69) is 187 Å². The number of hydrogen-bond acceptors (Lipinski definition) is 0. The SMILES string of the molecule is [CH2]=[Pt].c1ccc([PH+](c2ccccc2)c2ccccc2)cc1.c1ccc([PH+](c2ccccc2)c2ccccc2)cc1. The van der Waals surface area contributed by atoms with E-state index in [0.717, 1.165) is 0 Å². The Morgan fingerprint density at radius 1 is 0.250 bits per heavy atom. The molecule has 200 valence electrons. The van der Waals surface area contributed by atoms with Gasteiger partial charge >= 0.3 is 24.3 Å². The molecule has 0 unspecified atom stereocenters. The normalized spacial score (nSPS) is 10.2. The fraction of sp³-hybridized carbons (Fsp3) is 0. The maximum absolute atomic E-state index is 3.22. The Balaban J connectivity index is 0.000000174. The fourth-order valence-electron chi connectivity index (χ4n) is 4.63. The third-order valence-corrected chi connectivity index (χ3v) is 11.8. The van der Waals surface area contributed by atoms with Crippen LogP contribution in [0.15, 0.2) is 182 Å². The van der Waals surface area contributed by atoms with Gasteiger partial charge < -0.3 is 0 Å². The van der Waals surface area contributed by atoms with Gasteiger partial charge in [-0.3, -0.25) is 0 Å². The maximum atomic E-state index is 3.22. The molecule has 0 aliphatic carbocycles. The Morgan fingerprint density at radius 3 is 0.500 bits per heavy atom. The first-order valence-corrected chi connectivity index (χ1v) is 17.8. The van der Waals surface area contributed by atoms with Crippen LogP contribution in [0, 0.1) is 0 Å². The van der Waals surface area contributed by atoms with E-state index in [1.54, 1.807) is 0 Å². The molecule has 0 saturated carbocycles. The fourth-order valence-corrected chi connectivity index (χ4v) is 9.78. The molecule has 6 aromatic carbocycles. The number of rotatable bonds is 6. The molecule has 3 heteroatoms. The summed E-state index contributed by atoms with van der Waals surface area (Å²) in [5.41, 5.74) is 0. The first-order chi connectivity index (χ1) is 19.9. The molecule has 0 bridgehead atoms. The Labute approximate surface area is 252 Å². The summed E-state index contributed by atoms with van der Waals surface area (Å²) in [5, 5.41) is 8.61. The van der Waals surface area contributed by atoms with Crippen molar-refractivity contribution >= 4 is 52.6 Å². The summed E-state index contributed by atoms with van der Waals surface area (Å²) in [7, 11) is -1.75. The Hall–Kier alpha value is -3.26. The van der Waals surface area contributed by atoms with Crippen molar-refractivity contribution < 1.29 is 19.4 Å². The van der Waals surface area contributed by atoms with Crippen LogP contribution >= 0.6 is 15.8 Å². The molecule has 0 aromatic heterocycles. The second-order valence-corrected chi connectivity index (χ2v) is 13.9. The van der Waals surface area contributed by atoms with Crippen LogP contribution in [0.1, 0.15) is 0 Å². The minimum atomic E-state index is -0.877. The van der Waals surface area contributed by atoms with Crippen molar-refractivity contribution in [1.29, 1.82) is 0 Å². The molecule has 0 fully saturated rings. The van der Waals surface area contributed by atoms with Gasteiger partial charge in [0.05, 0.1) is 15.8 Å². The molecule has 0 heterocycles. The van der Waals surface area contributed by atoms with E-state index >= 15 is 0 Å². The molecule has 0 saturated heterocycles. The number of hydrogen-bond donors (Lipinski definition) is 0. The van der Waals surface area contributed by atoms with Gasteiger partial charge in [-0.2, -0.15) is 0 Å². The van der Waals surface area contributed by atoms with Crippen LogP contribution < -0.4 is 31.8 Å². The molecule has 0 amide bonds. The van der Waals surface area contributed by atoms with Crippen molar-refractivity contribution in [3.8, 4) is 0 Å². The molecule has 0 N–H and O–H groups in total. The summed E-state index contributed by atoms with van der Waals surface area (Å²) < 4.78 is 0. The van der Waals surface area contributed by atoms with Crippen LogP contribution in [0.2, 0.25) is 0 Å². The van der Waals surface area contributed by atoms with Crippen LogP contribution in [0.3, 0.4) is 0 Å². The molecule has 0 atom stereocenters. The zero-order chi connectivity index (χ0) is 27.8. The van der Waals surface area contributed by atoms with Gasteiger partial charge in [0.1, 0.15) is 31.8 Å². The second-order valence-electron chi connectivity index (χ2n) is 8.95. The zero-order valence-corrected chi connectivity index (χ0v) is 26.6. The Kier molecular flexibility index (Phi) is 12.4. The smallest absolute Gasteiger partial charge is 0.0620 e. The minimum Gasteiger partial charge on any atom is -0.0620 e. The molecule has 0 spiro atoms. The summed E-state index contributed by atoms with van der Waals surface area (Å²) in [6.07, 6.45) is 0. The Morgan fingerprint density at radius 2 is 0.375 bits per heavy atom. The summed E-state index contributed by atoms with van der Waals surface area (Å²) in [5.74, 6) is 0. The summed E-state index contributed by atoms with van der Waals surface area (Å²) >= 11 is 1.89. The molecular weight excluding hydrogens is 701 g/mol. The van der Waals surface area contributed by atoms with Gasteiger partial charge in [-0.15, -0.1) is 0 Å². The molecule has 0 nitrogen and oxygen atoms in total. The number of benzene rings is 6. The van der Waals surface area contributed by atoms with Crippen molar-refractivity contribution in [2.45, 2.75) is 0 Å². The van der Waals surface area contributed by atoms with Crippen molar-refractivity contribution in [3.05, 3.63) is 182 Å². The molecular formula is C37H34P2Pt+2. The van der Waals surface area contributed by atoms with Gasteiger partial charge in [0.25, 0.3) is 0 Å². The van der Waals surface area contributed by atoms with Gasteiger partial charge in [0.15, 0.2) is 0 Å². The predicted molar refractivity (Wildman–Crippen MR) is 180 cm³/mol. The zero-order valence-electron chi connectivity index (χ0n) is 22.3. The van der Waals surface area contributed by atoms with Crippen LogP contribution in [-0.4, -0.2) is 4.90 Å². The molecule has 6 aromatic rings. The van der Waals surface area contributed by atoms with Gasteiger partial charge in [-0.05, 0) is 72.8 Å². The molecule has 0 aliphatic rings. The maximum Gasteiger partial charge on any atom is 0.102 e. The summed E-state index contributed by atoms with van der Waals surface area (Å²) in [6, 6.07) is 65.0. The second kappa shape index (κ2) is 16.8. The summed E-state index contributed by atoms with van der Waals surface area (Å²) in [6.45, 7) is 0.